The van der Waals surface area contributed by atoms with Crippen molar-refractivity contribution in [3.05, 3.63) is 47.7 Å². The Morgan fingerprint density at radius 2 is 2.26 bits per heavy atom. The Bertz CT molecular complexity index is 599. The second-order valence-electron chi connectivity index (χ2n) is 3.84. The Kier molecular flexibility index (Phi) is 3.92. The Morgan fingerprint density at radius 3 is 3.00 bits per heavy atom. The van der Waals surface area contributed by atoms with Crippen LogP contribution in [0.5, 0.6) is 11.6 Å². The lowest BCUT2D eigenvalue weighted by Crippen LogP contribution is -2.15. The SMILES string of the molecule is CCc1cccc(Oc2nnccc2/C(N)=N/O)c1. The molecule has 3 N–H and O–H groups in total. The molecule has 0 fully saturated rings. The Hall–Kier alpha value is -2.63. The van der Waals surface area contributed by atoms with Gasteiger partial charge in [0.2, 0.25) is 5.88 Å². The molecule has 0 aliphatic heterocycles. The molecule has 1 heterocycles. The van der Waals surface area contributed by atoms with Gasteiger partial charge >= 0.3 is 0 Å². The molecule has 0 aliphatic carbocycles. The summed E-state index contributed by atoms with van der Waals surface area (Å²) >= 11 is 0. The number of amidine groups is 1. The zero-order valence-electron chi connectivity index (χ0n) is 10.4. The van der Waals surface area contributed by atoms with Gasteiger partial charge in [-0.1, -0.05) is 24.2 Å². The van der Waals surface area contributed by atoms with Crippen molar-refractivity contribution in [1.82, 2.24) is 10.2 Å². The molecule has 6 nitrogen and oxygen atoms in total. The number of nitrogens with two attached hydrogens (primary N) is 1. The molecule has 0 spiro atoms. The summed E-state index contributed by atoms with van der Waals surface area (Å²) in [6.45, 7) is 2.06. The molecule has 1 aromatic heterocycles. The lowest BCUT2D eigenvalue weighted by atomic mass is 10.2. The topological polar surface area (TPSA) is 93.6 Å². The molecule has 0 atom stereocenters. The Balaban J connectivity index is 2.33. The molecule has 0 saturated heterocycles. The van der Waals surface area contributed by atoms with Gasteiger partial charge < -0.3 is 15.7 Å². The number of aromatic nitrogens is 2. The molecule has 1 aromatic carbocycles. The number of nitrogens with zero attached hydrogens (tertiary/aromatic N) is 3. The maximum atomic E-state index is 8.72. The molecular formula is C13H14N4O2. The Labute approximate surface area is 110 Å². The number of ether oxygens (including phenoxy) is 1. The van der Waals surface area contributed by atoms with Gasteiger partial charge in [-0.25, -0.2) is 0 Å². The van der Waals surface area contributed by atoms with E-state index in [1.807, 2.05) is 24.3 Å². The molecule has 98 valence electrons. The summed E-state index contributed by atoms with van der Waals surface area (Å²) in [5.41, 5.74) is 7.09. The fraction of sp³-hybridized carbons (Fsp3) is 0.154. The van der Waals surface area contributed by atoms with Crippen LogP contribution in [0.15, 0.2) is 41.7 Å². The van der Waals surface area contributed by atoms with E-state index in [0.29, 0.717) is 11.3 Å². The predicted octanol–water partition coefficient (Wildman–Crippen LogP) is 1.93. The molecule has 0 aliphatic rings. The first-order chi connectivity index (χ1) is 9.24. The van der Waals surface area contributed by atoms with Crippen molar-refractivity contribution in [3.63, 3.8) is 0 Å². The monoisotopic (exact) mass is 258 g/mol. The molecule has 0 amide bonds. The van der Waals surface area contributed by atoms with Gasteiger partial charge in [-0.3, -0.25) is 0 Å². The number of benzene rings is 1. The van der Waals surface area contributed by atoms with Crippen molar-refractivity contribution in [2.45, 2.75) is 13.3 Å². The second-order valence-corrected chi connectivity index (χ2v) is 3.84. The highest BCUT2D eigenvalue weighted by atomic mass is 16.5. The van der Waals surface area contributed by atoms with Crippen molar-refractivity contribution in [2.75, 3.05) is 0 Å². The normalized spacial score (nSPS) is 11.3. The zero-order chi connectivity index (χ0) is 13.7. The molecule has 0 unspecified atom stereocenters. The van der Waals surface area contributed by atoms with Crippen LogP contribution in [0.1, 0.15) is 18.1 Å². The van der Waals surface area contributed by atoms with Gasteiger partial charge in [-0.05, 0) is 30.2 Å². The maximum Gasteiger partial charge on any atom is 0.250 e. The first kappa shape index (κ1) is 12.8. The highest BCUT2D eigenvalue weighted by Crippen LogP contribution is 2.23. The summed E-state index contributed by atoms with van der Waals surface area (Å²) in [6, 6.07) is 9.19. The van der Waals surface area contributed by atoms with Crippen LogP contribution in [0.4, 0.5) is 0 Å². The number of aryl methyl sites for hydroxylation is 1. The van der Waals surface area contributed by atoms with Crippen molar-refractivity contribution in [2.24, 2.45) is 10.9 Å². The predicted molar refractivity (Wildman–Crippen MR) is 70.4 cm³/mol. The number of hydrogen-bond donors (Lipinski definition) is 2. The van der Waals surface area contributed by atoms with Gasteiger partial charge in [0, 0.05) is 0 Å². The lowest BCUT2D eigenvalue weighted by molar-refractivity contribution is 0.318. The van der Waals surface area contributed by atoms with Crippen molar-refractivity contribution < 1.29 is 9.94 Å². The minimum Gasteiger partial charge on any atom is -0.437 e. The average molecular weight is 258 g/mol. The van der Waals surface area contributed by atoms with Gasteiger partial charge in [0.15, 0.2) is 5.84 Å². The minimum atomic E-state index is -0.0726. The Morgan fingerprint density at radius 1 is 1.42 bits per heavy atom. The van der Waals surface area contributed by atoms with E-state index in [9.17, 15) is 0 Å². The molecule has 19 heavy (non-hydrogen) atoms. The summed E-state index contributed by atoms with van der Waals surface area (Å²) in [5.74, 6) is 0.759. The van der Waals surface area contributed by atoms with Crippen molar-refractivity contribution in [1.29, 1.82) is 0 Å². The highest BCUT2D eigenvalue weighted by molar-refractivity contribution is 5.98. The zero-order valence-corrected chi connectivity index (χ0v) is 10.4. The highest BCUT2D eigenvalue weighted by Gasteiger charge is 2.11. The first-order valence-electron chi connectivity index (χ1n) is 5.81. The summed E-state index contributed by atoms with van der Waals surface area (Å²) in [4.78, 5) is 0. The van der Waals surface area contributed by atoms with E-state index in [1.54, 1.807) is 6.07 Å². The van der Waals surface area contributed by atoms with Crippen LogP contribution in [-0.2, 0) is 6.42 Å². The fourth-order valence-corrected chi connectivity index (χ4v) is 1.58. The van der Waals surface area contributed by atoms with E-state index in [0.717, 1.165) is 12.0 Å². The average Bonchev–Trinajstić information content (AvgIpc) is 2.47. The third-order valence-corrected chi connectivity index (χ3v) is 2.59. The molecule has 2 rings (SSSR count). The molecular weight excluding hydrogens is 244 g/mol. The van der Waals surface area contributed by atoms with Crippen molar-refractivity contribution in [3.8, 4) is 11.6 Å². The second kappa shape index (κ2) is 5.81. The van der Waals surface area contributed by atoms with Gasteiger partial charge in [0.1, 0.15) is 5.75 Å². The maximum absolute atomic E-state index is 8.72. The molecule has 0 bridgehead atoms. The summed E-state index contributed by atoms with van der Waals surface area (Å²) in [5, 5.41) is 19.2. The third-order valence-electron chi connectivity index (χ3n) is 2.59. The lowest BCUT2D eigenvalue weighted by Gasteiger charge is -2.08. The minimum absolute atomic E-state index is 0.0726. The van der Waals surface area contributed by atoms with Gasteiger partial charge in [-0.15, -0.1) is 5.10 Å². The summed E-state index contributed by atoms with van der Waals surface area (Å²) in [6.07, 6.45) is 2.35. The van der Waals surface area contributed by atoms with Crippen LogP contribution in [-0.4, -0.2) is 21.2 Å². The standard InChI is InChI=1S/C13H14N4O2/c1-2-9-4-3-5-10(8-9)19-13-11(12(14)17-18)6-7-15-16-13/h3-8,18H,2H2,1H3,(H2,14,17). The van der Waals surface area contributed by atoms with E-state index in [1.165, 1.54) is 6.20 Å². The fourth-order valence-electron chi connectivity index (χ4n) is 1.58. The van der Waals surface area contributed by atoms with Crippen LogP contribution in [0.2, 0.25) is 0 Å². The van der Waals surface area contributed by atoms with Crippen LogP contribution in [0.25, 0.3) is 0 Å². The number of rotatable bonds is 4. The van der Waals surface area contributed by atoms with Crippen LogP contribution in [0, 0.1) is 0 Å². The van der Waals surface area contributed by atoms with Gasteiger partial charge in [0.05, 0.1) is 11.8 Å². The number of hydrogen-bond acceptors (Lipinski definition) is 5. The first-order valence-corrected chi connectivity index (χ1v) is 5.81. The number of oxime groups is 1. The van der Waals surface area contributed by atoms with E-state index in [-0.39, 0.29) is 11.7 Å². The summed E-state index contributed by atoms with van der Waals surface area (Å²) in [7, 11) is 0. The third kappa shape index (κ3) is 2.98. The van der Waals surface area contributed by atoms with Gasteiger partial charge in [0.25, 0.3) is 0 Å². The van der Waals surface area contributed by atoms with E-state index in [4.69, 9.17) is 15.7 Å². The largest absolute Gasteiger partial charge is 0.437 e. The quantitative estimate of drug-likeness (QED) is 0.378. The van der Waals surface area contributed by atoms with E-state index in [2.05, 4.69) is 22.3 Å². The van der Waals surface area contributed by atoms with E-state index < -0.39 is 0 Å². The van der Waals surface area contributed by atoms with Crippen LogP contribution < -0.4 is 10.5 Å². The van der Waals surface area contributed by atoms with Crippen LogP contribution in [0.3, 0.4) is 0 Å². The molecule has 0 radical (unpaired) electrons. The smallest absolute Gasteiger partial charge is 0.250 e. The molecule has 6 heteroatoms. The molecule has 2 aromatic rings. The van der Waals surface area contributed by atoms with E-state index >= 15 is 0 Å². The van der Waals surface area contributed by atoms with Crippen LogP contribution >= 0.6 is 0 Å². The van der Waals surface area contributed by atoms with Gasteiger partial charge in [-0.2, -0.15) is 5.10 Å². The van der Waals surface area contributed by atoms with Crippen molar-refractivity contribution >= 4 is 5.84 Å². The molecule has 0 saturated carbocycles. The summed E-state index contributed by atoms with van der Waals surface area (Å²) < 4.78 is 5.63.